The van der Waals surface area contributed by atoms with Crippen molar-refractivity contribution in [1.29, 1.82) is 0 Å². The van der Waals surface area contributed by atoms with Crippen LogP contribution in [-0.4, -0.2) is 51.6 Å². The number of Topliss-reactive ketones (excluding diaryl/α,β-unsaturated/α-hetero) is 1. The van der Waals surface area contributed by atoms with Gasteiger partial charge in [0.05, 0.1) is 28.3 Å². The molecule has 1 fully saturated rings. The van der Waals surface area contributed by atoms with Crippen LogP contribution >= 0.6 is 27.7 Å². The van der Waals surface area contributed by atoms with Gasteiger partial charge in [0, 0.05) is 24.6 Å². The number of aromatic nitrogens is 2. The van der Waals surface area contributed by atoms with E-state index in [0.29, 0.717) is 12.2 Å². The first-order chi connectivity index (χ1) is 9.58. The quantitative estimate of drug-likeness (QED) is 0.808. The number of halogens is 1. The third-order valence-electron chi connectivity index (χ3n) is 3.80. The van der Waals surface area contributed by atoms with Crippen molar-refractivity contribution < 1.29 is 4.79 Å². The van der Waals surface area contributed by atoms with Crippen LogP contribution in [0.1, 0.15) is 25.2 Å². The normalized spacial score (nSPS) is 20.3. The molecule has 2 rings (SSSR count). The number of nitrogens with zero attached hydrogens (tertiary/aromatic N) is 3. The maximum absolute atomic E-state index is 12.6. The Morgan fingerprint density at radius 1 is 1.50 bits per heavy atom. The predicted molar refractivity (Wildman–Crippen MR) is 87.4 cm³/mol. The van der Waals surface area contributed by atoms with Crippen molar-refractivity contribution in [1.82, 2.24) is 14.7 Å². The van der Waals surface area contributed by atoms with Gasteiger partial charge in [-0.2, -0.15) is 16.9 Å². The molecule has 0 spiro atoms. The highest BCUT2D eigenvalue weighted by Gasteiger charge is 2.28. The topological polar surface area (TPSA) is 38.1 Å². The van der Waals surface area contributed by atoms with Gasteiger partial charge in [-0.25, -0.2) is 0 Å². The van der Waals surface area contributed by atoms with Crippen LogP contribution in [0.25, 0.3) is 0 Å². The molecule has 0 radical (unpaired) electrons. The first-order valence-corrected chi connectivity index (χ1v) is 9.08. The van der Waals surface area contributed by atoms with Crippen molar-refractivity contribution in [3.05, 3.63) is 15.9 Å². The van der Waals surface area contributed by atoms with Gasteiger partial charge < -0.3 is 0 Å². The van der Waals surface area contributed by atoms with Crippen molar-refractivity contribution in [2.75, 3.05) is 25.1 Å². The lowest BCUT2D eigenvalue weighted by Gasteiger charge is -2.30. The van der Waals surface area contributed by atoms with E-state index in [1.807, 2.05) is 23.5 Å². The van der Waals surface area contributed by atoms with Crippen LogP contribution in [0.15, 0.2) is 4.47 Å². The van der Waals surface area contributed by atoms with Crippen LogP contribution in [0.2, 0.25) is 0 Å². The molecule has 20 heavy (non-hydrogen) atoms. The monoisotopic (exact) mass is 359 g/mol. The van der Waals surface area contributed by atoms with Crippen molar-refractivity contribution in [3.63, 3.8) is 0 Å². The molecule has 1 aromatic rings. The number of aryl methyl sites for hydroxylation is 2. The Morgan fingerprint density at radius 3 is 2.85 bits per heavy atom. The number of carbonyl (C=O) groups excluding carboxylic acids is 1. The molecule has 1 aliphatic heterocycles. The van der Waals surface area contributed by atoms with Gasteiger partial charge in [-0.3, -0.25) is 14.4 Å². The van der Waals surface area contributed by atoms with E-state index >= 15 is 0 Å². The first-order valence-electron chi connectivity index (χ1n) is 7.13. The Kier molecular flexibility index (Phi) is 5.69. The minimum atomic E-state index is 0.0472. The van der Waals surface area contributed by atoms with E-state index in [9.17, 15) is 4.79 Å². The number of rotatable bonds is 5. The summed E-state index contributed by atoms with van der Waals surface area (Å²) in [5.74, 6) is 2.34. The number of ketones is 1. The van der Waals surface area contributed by atoms with Crippen LogP contribution in [-0.2, 0) is 24.2 Å². The van der Waals surface area contributed by atoms with Crippen LogP contribution in [0.3, 0.4) is 0 Å². The van der Waals surface area contributed by atoms with Crippen LogP contribution in [0, 0.1) is 0 Å². The van der Waals surface area contributed by atoms with Gasteiger partial charge in [0.1, 0.15) is 0 Å². The predicted octanol–water partition coefficient (Wildman–Crippen LogP) is 2.39. The summed E-state index contributed by atoms with van der Waals surface area (Å²) in [5.41, 5.74) is 2.07. The number of thioether (sulfide) groups is 1. The van der Waals surface area contributed by atoms with Gasteiger partial charge in [-0.05, 0) is 36.3 Å². The molecule has 1 aromatic heterocycles. The second-order valence-electron chi connectivity index (χ2n) is 5.09. The zero-order valence-electron chi connectivity index (χ0n) is 12.4. The van der Waals surface area contributed by atoms with Gasteiger partial charge in [0.15, 0.2) is 5.78 Å². The fraction of sp³-hybridized carbons (Fsp3) is 0.714. The molecule has 1 saturated heterocycles. The molecule has 0 amide bonds. The number of likely N-dealkylation sites (N-methyl/N-ethyl adjacent to an activating group) is 1. The number of hydrogen-bond donors (Lipinski definition) is 0. The molecule has 4 nitrogen and oxygen atoms in total. The SMILES string of the molecule is CCc1nn(CC)c(CC(=O)C2CSCCN2C)c1Br. The van der Waals surface area contributed by atoms with E-state index in [-0.39, 0.29) is 6.04 Å². The molecule has 0 aromatic carbocycles. The number of hydrogen-bond acceptors (Lipinski definition) is 4. The summed E-state index contributed by atoms with van der Waals surface area (Å²) in [5, 5.41) is 4.56. The Bertz CT molecular complexity index is 489. The van der Waals surface area contributed by atoms with Gasteiger partial charge in [-0.15, -0.1) is 0 Å². The molecule has 1 atom stereocenters. The first kappa shape index (κ1) is 16.0. The Hall–Kier alpha value is -0.330. The second kappa shape index (κ2) is 7.09. The molecule has 112 valence electrons. The second-order valence-corrected chi connectivity index (χ2v) is 7.03. The fourth-order valence-electron chi connectivity index (χ4n) is 2.49. The average molecular weight is 360 g/mol. The smallest absolute Gasteiger partial charge is 0.156 e. The fourth-order valence-corrected chi connectivity index (χ4v) is 4.45. The largest absolute Gasteiger partial charge is 0.297 e. The lowest BCUT2D eigenvalue weighted by molar-refractivity contribution is -0.122. The van der Waals surface area contributed by atoms with Gasteiger partial charge in [-0.1, -0.05) is 6.92 Å². The Labute approximate surface area is 133 Å². The van der Waals surface area contributed by atoms with Crippen molar-refractivity contribution >= 4 is 33.5 Å². The summed E-state index contributed by atoms with van der Waals surface area (Å²) in [4.78, 5) is 14.8. The standard InChI is InChI=1S/C14H22BrN3OS/c1-4-10-14(15)11(18(5-2)16-10)8-13(19)12-9-20-7-6-17(12)3/h12H,4-9H2,1-3H3. The Balaban J connectivity index is 2.16. The minimum Gasteiger partial charge on any atom is -0.297 e. The van der Waals surface area contributed by atoms with Gasteiger partial charge in [0.2, 0.25) is 0 Å². The van der Waals surface area contributed by atoms with E-state index in [1.54, 1.807) is 0 Å². The van der Waals surface area contributed by atoms with Crippen LogP contribution in [0.5, 0.6) is 0 Å². The van der Waals surface area contributed by atoms with Crippen LogP contribution < -0.4 is 0 Å². The van der Waals surface area contributed by atoms with Crippen molar-refractivity contribution in [2.45, 2.75) is 39.3 Å². The molecule has 1 unspecified atom stereocenters. The highest BCUT2D eigenvalue weighted by molar-refractivity contribution is 9.10. The third-order valence-corrected chi connectivity index (χ3v) is 5.74. The summed E-state index contributed by atoms with van der Waals surface area (Å²) in [6.45, 7) is 5.95. The lowest BCUT2D eigenvalue weighted by atomic mass is 10.1. The summed E-state index contributed by atoms with van der Waals surface area (Å²) in [6.07, 6.45) is 1.35. The molecule has 1 aliphatic rings. The lowest BCUT2D eigenvalue weighted by Crippen LogP contribution is -2.45. The van der Waals surface area contributed by atoms with E-state index < -0.39 is 0 Å². The van der Waals surface area contributed by atoms with E-state index in [0.717, 1.165) is 46.9 Å². The molecule has 0 aliphatic carbocycles. The molecular weight excluding hydrogens is 338 g/mol. The summed E-state index contributed by atoms with van der Waals surface area (Å²) in [7, 11) is 2.05. The van der Waals surface area contributed by atoms with E-state index in [4.69, 9.17) is 0 Å². The minimum absolute atomic E-state index is 0.0472. The molecular formula is C14H22BrN3OS. The summed E-state index contributed by atoms with van der Waals surface area (Å²) < 4.78 is 2.97. The zero-order chi connectivity index (χ0) is 14.7. The number of carbonyl (C=O) groups is 1. The average Bonchev–Trinajstić information content (AvgIpc) is 2.75. The molecule has 2 heterocycles. The maximum Gasteiger partial charge on any atom is 0.156 e. The van der Waals surface area contributed by atoms with E-state index in [2.05, 4.69) is 39.8 Å². The highest BCUT2D eigenvalue weighted by atomic mass is 79.9. The third kappa shape index (κ3) is 3.28. The molecule has 0 bridgehead atoms. The summed E-state index contributed by atoms with van der Waals surface area (Å²) in [6, 6.07) is 0.0472. The van der Waals surface area contributed by atoms with E-state index in [1.165, 1.54) is 0 Å². The van der Waals surface area contributed by atoms with Crippen molar-refractivity contribution in [3.8, 4) is 0 Å². The molecule has 6 heteroatoms. The van der Waals surface area contributed by atoms with Crippen LogP contribution in [0.4, 0.5) is 0 Å². The van der Waals surface area contributed by atoms with Crippen molar-refractivity contribution in [2.24, 2.45) is 0 Å². The summed E-state index contributed by atoms with van der Waals surface area (Å²) >= 11 is 5.49. The highest BCUT2D eigenvalue weighted by Crippen LogP contribution is 2.24. The maximum atomic E-state index is 12.6. The van der Waals surface area contributed by atoms with Gasteiger partial charge >= 0.3 is 0 Å². The van der Waals surface area contributed by atoms with Gasteiger partial charge in [0.25, 0.3) is 0 Å². The Morgan fingerprint density at radius 2 is 2.25 bits per heavy atom. The molecule has 0 N–H and O–H groups in total. The molecule has 0 saturated carbocycles. The zero-order valence-corrected chi connectivity index (χ0v) is 14.8.